The van der Waals surface area contributed by atoms with Crippen molar-refractivity contribution in [2.24, 2.45) is 0 Å². The molecule has 1 N–H and O–H groups in total. The number of hydrogen-bond acceptors (Lipinski definition) is 2. The largest absolute Gasteiger partial charge is 0.487 e. The minimum absolute atomic E-state index is 0.478. The summed E-state index contributed by atoms with van der Waals surface area (Å²) in [4.78, 5) is 0. The fourth-order valence-corrected chi connectivity index (χ4v) is 1.99. The molecule has 0 heterocycles. The van der Waals surface area contributed by atoms with Gasteiger partial charge in [0.25, 0.3) is 0 Å². The normalized spacial score (nSPS) is 10.3. The van der Waals surface area contributed by atoms with E-state index >= 15 is 0 Å². The highest BCUT2D eigenvalue weighted by Crippen LogP contribution is 2.26. The predicted octanol–water partition coefficient (Wildman–Crippen LogP) is 4.24. The monoisotopic (exact) mass is 361 g/mol. The molecule has 0 fully saturated rings. The van der Waals surface area contributed by atoms with Crippen molar-refractivity contribution >= 4 is 31.9 Å². The molecule has 0 bridgehead atoms. The average Bonchev–Trinajstić information content (AvgIpc) is 2.28. The second-order valence-corrected chi connectivity index (χ2v) is 5.72. The Morgan fingerprint density at radius 1 is 1.47 bits per heavy atom. The first-order chi connectivity index (χ1) is 8.13. The maximum absolute atomic E-state index is 5.57. The van der Waals surface area contributed by atoms with Crippen molar-refractivity contribution in [1.82, 2.24) is 5.32 Å². The van der Waals surface area contributed by atoms with Crippen LogP contribution in [0.25, 0.3) is 0 Å². The van der Waals surface area contributed by atoms with Gasteiger partial charge in [0.15, 0.2) is 0 Å². The van der Waals surface area contributed by atoms with E-state index in [9.17, 15) is 0 Å². The number of hydrogen-bond donors (Lipinski definition) is 1. The molecule has 0 aliphatic rings. The lowest BCUT2D eigenvalue weighted by molar-refractivity contribution is 0.358. The molecule has 0 aliphatic heterocycles. The van der Waals surface area contributed by atoms with Crippen LogP contribution in [-0.4, -0.2) is 13.2 Å². The highest BCUT2D eigenvalue weighted by Gasteiger charge is 2.03. The third kappa shape index (κ3) is 5.70. The Labute approximate surface area is 120 Å². The molecule has 0 atom stereocenters. The van der Waals surface area contributed by atoms with E-state index in [-0.39, 0.29) is 0 Å². The van der Waals surface area contributed by atoms with E-state index in [1.807, 2.05) is 6.07 Å². The van der Waals surface area contributed by atoms with Gasteiger partial charge in [0.1, 0.15) is 12.4 Å². The van der Waals surface area contributed by atoms with Gasteiger partial charge in [0, 0.05) is 11.0 Å². The smallest absolute Gasteiger partial charge is 0.134 e. The molecular weight excluding hydrogens is 346 g/mol. The molecule has 0 saturated heterocycles. The van der Waals surface area contributed by atoms with E-state index in [1.165, 1.54) is 5.56 Å². The third-order valence-corrected chi connectivity index (χ3v) is 2.99. The van der Waals surface area contributed by atoms with E-state index in [2.05, 4.69) is 62.8 Å². The minimum Gasteiger partial charge on any atom is -0.487 e. The maximum atomic E-state index is 5.57. The molecule has 17 heavy (non-hydrogen) atoms. The summed E-state index contributed by atoms with van der Waals surface area (Å²) in [6, 6.07) is 6.12. The average molecular weight is 363 g/mol. The molecule has 0 radical (unpaired) electrons. The van der Waals surface area contributed by atoms with Crippen LogP contribution in [0.15, 0.2) is 33.7 Å². The lowest BCUT2D eigenvalue weighted by Crippen LogP contribution is -2.13. The van der Waals surface area contributed by atoms with Crippen molar-refractivity contribution in [1.29, 1.82) is 0 Å². The van der Waals surface area contributed by atoms with Gasteiger partial charge < -0.3 is 10.1 Å². The van der Waals surface area contributed by atoms with Gasteiger partial charge in [-0.15, -0.1) is 0 Å². The Hall–Kier alpha value is -0.320. The summed E-state index contributed by atoms with van der Waals surface area (Å²) in [6.07, 6.45) is 1.15. The Morgan fingerprint density at radius 2 is 2.24 bits per heavy atom. The topological polar surface area (TPSA) is 21.3 Å². The van der Waals surface area contributed by atoms with Gasteiger partial charge in [0.05, 0.1) is 4.47 Å². The second kappa shape index (κ2) is 7.90. The van der Waals surface area contributed by atoms with Crippen molar-refractivity contribution in [3.8, 4) is 5.75 Å². The van der Waals surface area contributed by atoms with E-state index in [1.54, 1.807) is 0 Å². The van der Waals surface area contributed by atoms with Crippen LogP contribution >= 0.6 is 31.9 Å². The molecule has 0 aromatic heterocycles. The summed E-state index contributed by atoms with van der Waals surface area (Å²) in [6.45, 7) is 8.30. The Kier molecular flexibility index (Phi) is 6.85. The molecule has 0 amide bonds. The van der Waals surface area contributed by atoms with E-state index < -0.39 is 0 Å². The Balaban J connectivity index is 2.56. The number of halogens is 2. The molecule has 0 unspecified atom stereocenters. The number of ether oxygens (including phenoxy) is 1. The quantitative estimate of drug-likeness (QED) is 0.732. The number of nitrogens with one attached hydrogen (secondary N) is 1. The summed E-state index contributed by atoms with van der Waals surface area (Å²) in [5.41, 5.74) is 1.25. The molecule has 2 nitrogen and oxygen atoms in total. The summed E-state index contributed by atoms with van der Waals surface area (Å²) in [5, 5.41) is 3.36. The number of rotatable bonds is 7. The van der Waals surface area contributed by atoms with Gasteiger partial charge in [-0.1, -0.05) is 35.5 Å². The van der Waals surface area contributed by atoms with Crippen LogP contribution in [0.5, 0.6) is 5.75 Å². The van der Waals surface area contributed by atoms with Crippen molar-refractivity contribution < 1.29 is 4.74 Å². The first-order valence-electron chi connectivity index (χ1n) is 5.58. The van der Waals surface area contributed by atoms with E-state index in [4.69, 9.17) is 4.74 Å². The van der Waals surface area contributed by atoms with Crippen LogP contribution in [0, 0.1) is 0 Å². The summed E-state index contributed by atoms with van der Waals surface area (Å²) in [7, 11) is 0. The lowest BCUT2D eigenvalue weighted by atomic mass is 10.2. The first kappa shape index (κ1) is 14.7. The number of benzene rings is 1. The summed E-state index contributed by atoms with van der Waals surface area (Å²) < 4.78 is 7.37. The van der Waals surface area contributed by atoms with Gasteiger partial charge in [-0.05, 0) is 46.6 Å². The molecular formula is C13H17Br2NO. The molecule has 1 aromatic carbocycles. The SMILES string of the molecule is C=C(Br)COc1ccc(CNCCC)cc1Br. The minimum atomic E-state index is 0.478. The zero-order chi connectivity index (χ0) is 12.7. The Bertz CT molecular complexity index is 380. The highest BCUT2D eigenvalue weighted by atomic mass is 79.9. The third-order valence-electron chi connectivity index (χ3n) is 2.14. The van der Waals surface area contributed by atoms with Gasteiger partial charge >= 0.3 is 0 Å². The fraction of sp³-hybridized carbons (Fsp3) is 0.385. The van der Waals surface area contributed by atoms with Crippen LogP contribution < -0.4 is 10.1 Å². The molecule has 0 saturated carbocycles. The fourth-order valence-electron chi connectivity index (χ4n) is 1.34. The molecule has 4 heteroatoms. The van der Waals surface area contributed by atoms with Gasteiger partial charge in [-0.3, -0.25) is 0 Å². The van der Waals surface area contributed by atoms with Crippen LogP contribution in [0.4, 0.5) is 0 Å². The van der Waals surface area contributed by atoms with E-state index in [0.717, 1.165) is 34.2 Å². The predicted molar refractivity (Wildman–Crippen MR) is 79.7 cm³/mol. The van der Waals surface area contributed by atoms with Crippen molar-refractivity contribution in [3.05, 3.63) is 39.3 Å². The van der Waals surface area contributed by atoms with Crippen LogP contribution in [0.1, 0.15) is 18.9 Å². The molecule has 1 rings (SSSR count). The molecule has 94 valence electrons. The van der Waals surface area contributed by atoms with Crippen molar-refractivity contribution in [2.45, 2.75) is 19.9 Å². The highest BCUT2D eigenvalue weighted by molar-refractivity contribution is 9.11. The van der Waals surface area contributed by atoms with Crippen molar-refractivity contribution in [3.63, 3.8) is 0 Å². The zero-order valence-electron chi connectivity index (χ0n) is 9.93. The van der Waals surface area contributed by atoms with Crippen LogP contribution in [0.3, 0.4) is 0 Å². The zero-order valence-corrected chi connectivity index (χ0v) is 13.1. The molecule has 0 aliphatic carbocycles. The lowest BCUT2D eigenvalue weighted by Gasteiger charge is -2.09. The summed E-state index contributed by atoms with van der Waals surface area (Å²) >= 11 is 6.78. The Morgan fingerprint density at radius 3 is 2.82 bits per heavy atom. The van der Waals surface area contributed by atoms with Gasteiger partial charge in [0.2, 0.25) is 0 Å². The van der Waals surface area contributed by atoms with Crippen LogP contribution in [0.2, 0.25) is 0 Å². The molecule has 1 aromatic rings. The summed E-state index contributed by atoms with van der Waals surface area (Å²) in [5.74, 6) is 0.838. The van der Waals surface area contributed by atoms with Crippen molar-refractivity contribution in [2.75, 3.05) is 13.2 Å². The maximum Gasteiger partial charge on any atom is 0.134 e. The van der Waals surface area contributed by atoms with E-state index in [0.29, 0.717) is 6.61 Å². The standard InChI is InChI=1S/C13H17Br2NO/c1-3-6-16-8-11-4-5-13(12(15)7-11)17-9-10(2)14/h4-5,7,16H,2-3,6,8-9H2,1H3. The van der Waals surface area contributed by atoms with Crippen LogP contribution in [-0.2, 0) is 6.54 Å². The first-order valence-corrected chi connectivity index (χ1v) is 7.17. The molecule has 0 spiro atoms. The van der Waals surface area contributed by atoms with Gasteiger partial charge in [-0.25, -0.2) is 0 Å². The second-order valence-electron chi connectivity index (χ2n) is 3.75. The van der Waals surface area contributed by atoms with Gasteiger partial charge in [-0.2, -0.15) is 0 Å².